The molecule has 1 saturated heterocycles. The molecule has 16 heavy (non-hydrogen) atoms. The van der Waals surface area contributed by atoms with Crippen molar-refractivity contribution >= 4 is 11.5 Å². The van der Waals surface area contributed by atoms with Gasteiger partial charge in [0.05, 0.1) is 26.4 Å². The van der Waals surface area contributed by atoms with Gasteiger partial charge in [0.1, 0.15) is 12.0 Å². The molecule has 6 heteroatoms. The minimum atomic E-state index is 0.260. The third kappa shape index (κ3) is 1.88. The van der Waals surface area contributed by atoms with Crippen molar-refractivity contribution in [3.8, 4) is 5.88 Å². The van der Waals surface area contributed by atoms with Crippen LogP contribution in [0.2, 0.25) is 0 Å². The van der Waals surface area contributed by atoms with E-state index in [0.29, 0.717) is 24.8 Å². The molecule has 0 spiro atoms. The zero-order valence-corrected chi connectivity index (χ0v) is 9.51. The Morgan fingerprint density at radius 1 is 1.56 bits per heavy atom. The fraction of sp³-hybridized carbons (Fsp3) is 0.600. The minimum Gasteiger partial charge on any atom is -0.479 e. The molecule has 0 amide bonds. The predicted molar refractivity (Wildman–Crippen MR) is 60.6 cm³/mol. The second kappa shape index (κ2) is 4.52. The van der Waals surface area contributed by atoms with Crippen LogP contribution < -0.4 is 15.4 Å². The lowest BCUT2D eigenvalue weighted by atomic mass is 10.2. The van der Waals surface area contributed by atoms with Crippen molar-refractivity contribution in [2.45, 2.75) is 13.0 Å². The number of methoxy groups -OCH3 is 1. The molecular formula is C10H16N4O2. The third-order valence-corrected chi connectivity index (χ3v) is 2.66. The zero-order valence-electron chi connectivity index (χ0n) is 9.51. The molecule has 0 aromatic carbocycles. The van der Waals surface area contributed by atoms with Crippen LogP contribution in [0.3, 0.4) is 0 Å². The van der Waals surface area contributed by atoms with E-state index in [1.165, 1.54) is 6.33 Å². The number of rotatable bonds is 2. The molecule has 1 atom stereocenters. The Kier molecular flexibility index (Phi) is 3.09. The first-order valence-electron chi connectivity index (χ1n) is 5.23. The van der Waals surface area contributed by atoms with Crippen molar-refractivity contribution < 1.29 is 9.47 Å². The maximum absolute atomic E-state index is 5.95. The largest absolute Gasteiger partial charge is 0.479 e. The second-order valence-corrected chi connectivity index (χ2v) is 3.74. The fourth-order valence-corrected chi connectivity index (χ4v) is 1.80. The van der Waals surface area contributed by atoms with Crippen LogP contribution in [-0.4, -0.2) is 42.9 Å². The first-order chi connectivity index (χ1) is 7.74. The SMILES string of the molecule is COc1ncnc(N2CCOCC2C)c1N. The van der Waals surface area contributed by atoms with Gasteiger partial charge in [0.25, 0.3) is 0 Å². The molecule has 1 unspecified atom stereocenters. The van der Waals surface area contributed by atoms with Gasteiger partial charge in [0.2, 0.25) is 5.88 Å². The molecule has 1 aliphatic rings. The van der Waals surface area contributed by atoms with Crippen LogP contribution in [0.25, 0.3) is 0 Å². The van der Waals surface area contributed by atoms with Gasteiger partial charge in [-0.3, -0.25) is 0 Å². The molecule has 6 nitrogen and oxygen atoms in total. The standard InChI is InChI=1S/C10H16N4O2/c1-7-5-16-4-3-14(7)9-8(11)10(15-2)13-6-12-9/h6-7H,3-5,11H2,1-2H3. The van der Waals surface area contributed by atoms with E-state index in [-0.39, 0.29) is 6.04 Å². The number of nitrogens with zero attached hydrogens (tertiary/aromatic N) is 3. The third-order valence-electron chi connectivity index (χ3n) is 2.66. The van der Waals surface area contributed by atoms with Crippen molar-refractivity contribution in [2.75, 3.05) is 37.5 Å². The normalized spacial score (nSPS) is 20.9. The van der Waals surface area contributed by atoms with E-state index in [4.69, 9.17) is 15.2 Å². The van der Waals surface area contributed by atoms with Gasteiger partial charge in [0, 0.05) is 6.54 Å². The molecule has 2 N–H and O–H groups in total. The number of aromatic nitrogens is 2. The van der Waals surface area contributed by atoms with Crippen LogP contribution in [0.5, 0.6) is 5.88 Å². The molecule has 1 fully saturated rings. The molecule has 1 aromatic heterocycles. The summed E-state index contributed by atoms with van der Waals surface area (Å²) in [5.74, 6) is 1.14. The molecule has 1 aliphatic heterocycles. The fourth-order valence-electron chi connectivity index (χ4n) is 1.80. The van der Waals surface area contributed by atoms with Gasteiger partial charge in [-0.25, -0.2) is 4.98 Å². The van der Waals surface area contributed by atoms with Gasteiger partial charge >= 0.3 is 0 Å². The van der Waals surface area contributed by atoms with Crippen LogP contribution >= 0.6 is 0 Å². The summed E-state index contributed by atoms with van der Waals surface area (Å²) in [5, 5.41) is 0. The van der Waals surface area contributed by atoms with Crippen molar-refractivity contribution in [1.29, 1.82) is 0 Å². The van der Waals surface area contributed by atoms with E-state index >= 15 is 0 Å². The van der Waals surface area contributed by atoms with Gasteiger partial charge < -0.3 is 20.1 Å². The van der Waals surface area contributed by atoms with Gasteiger partial charge in [-0.05, 0) is 6.92 Å². The number of hydrogen-bond acceptors (Lipinski definition) is 6. The summed E-state index contributed by atoms with van der Waals surface area (Å²) in [6.45, 7) is 4.24. The molecule has 0 saturated carbocycles. The first kappa shape index (κ1) is 10.9. The Hall–Kier alpha value is -1.56. The smallest absolute Gasteiger partial charge is 0.242 e. The van der Waals surface area contributed by atoms with E-state index in [0.717, 1.165) is 12.4 Å². The van der Waals surface area contributed by atoms with Crippen molar-refractivity contribution in [1.82, 2.24) is 9.97 Å². The summed E-state index contributed by atoms with van der Waals surface area (Å²) in [6.07, 6.45) is 1.46. The van der Waals surface area contributed by atoms with Crippen molar-refractivity contribution in [3.63, 3.8) is 0 Å². The Bertz CT molecular complexity index is 372. The van der Waals surface area contributed by atoms with Crippen LogP contribution in [0.1, 0.15) is 6.92 Å². The maximum atomic E-state index is 5.95. The molecule has 1 aromatic rings. The quantitative estimate of drug-likeness (QED) is 0.778. The van der Waals surface area contributed by atoms with Crippen LogP contribution in [0, 0.1) is 0 Å². The number of nitrogens with two attached hydrogens (primary N) is 1. The van der Waals surface area contributed by atoms with Crippen LogP contribution in [-0.2, 0) is 4.74 Å². The number of nitrogen functional groups attached to an aromatic ring is 1. The van der Waals surface area contributed by atoms with E-state index < -0.39 is 0 Å². The van der Waals surface area contributed by atoms with Gasteiger partial charge in [-0.2, -0.15) is 4.98 Å². The van der Waals surface area contributed by atoms with Crippen LogP contribution in [0.4, 0.5) is 11.5 Å². The van der Waals surface area contributed by atoms with Gasteiger partial charge in [-0.1, -0.05) is 0 Å². The second-order valence-electron chi connectivity index (χ2n) is 3.74. The summed E-state index contributed by atoms with van der Waals surface area (Å²) in [4.78, 5) is 10.3. The Morgan fingerprint density at radius 2 is 2.38 bits per heavy atom. The highest BCUT2D eigenvalue weighted by Gasteiger charge is 2.23. The molecule has 0 aliphatic carbocycles. The summed E-state index contributed by atoms with van der Waals surface area (Å²) in [6, 6.07) is 0.260. The number of morpholine rings is 1. The summed E-state index contributed by atoms with van der Waals surface area (Å²) in [7, 11) is 1.55. The van der Waals surface area contributed by atoms with E-state index in [1.54, 1.807) is 7.11 Å². The highest BCUT2D eigenvalue weighted by molar-refractivity contribution is 5.68. The van der Waals surface area contributed by atoms with E-state index in [2.05, 4.69) is 21.8 Å². The highest BCUT2D eigenvalue weighted by Crippen LogP contribution is 2.29. The first-order valence-corrected chi connectivity index (χ1v) is 5.23. The molecule has 0 radical (unpaired) electrons. The molecular weight excluding hydrogens is 208 g/mol. The van der Waals surface area contributed by atoms with Crippen molar-refractivity contribution in [2.24, 2.45) is 0 Å². The summed E-state index contributed by atoms with van der Waals surface area (Å²) >= 11 is 0. The Labute approximate surface area is 94.4 Å². The summed E-state index contributed by atoms with van der Waals surface area (Å²) in [5.41, 5.74) is 6.44. The number of anilines is 2. The van der Waals surface area contributed by atoms with E-state index in [1.807, 2.05) is 0 Å². The zero-order chi connectivity index (χ0) is 11.5. The van der Waals surface area contributed by atoms with Gasteiger partial charge in [0.15, 0.2) is 5.82 Å². The monoisotopic (exact) mass is 224 g/mol. The number of hydrogen-bond donors (Lipinski definition) is 1. The minimum absolute atomic E-state index is 0.260. The lowest BCUT2D eigenvalue weighted by Crippen LogP contribution is -2.44. The molecule has 88 valence electrons. The average Bonchev–Trinajstić information content (AvgIpc) is 2.31. The molecule has 2 rings (SSSR count). The highest BCUT2D eigenvalue weighted by atomic mass is 16.5. The maximum Gasteiger partial charge on any atom is 0.242 e. The van der Waals surface area contributed by atoms with Crippen LogP contribution in [0.15, 0.2) is 6.33 Å². The van der Waals surface area contributed by atoms with E-state index in [9.17, 15) is 0 Å². The topological polar surface area (TPSA) is 73.5 Å². The Balaban J connectivity index is 2.31. The lowest BCUT2D eigenvalue weighted by Gasteiger charge is -2.34. The Morgan fingerprint density at radius 3 is 3.06 bits per heavy atom. The number of ether oxygens (including phenoxy) is 2. The lowest BCUT2D eigenvalue weighted by molar-refractivity contribution is 0.0985. The molecule has 0 bridgehead atoms. The van der Waals surface area contributed by atoms with Crippen molar-refractivity contribution in [3.05, 3.63) is 6.33 Å². The molecule has 2 heterocycles. The van der Waals surface area contributed by atoms with Gasteiger partial charge in [-0.15, -0.1) is 0 Å². The predicted octanol–water partition coefficient (Wildman–Crippen LogP) is 0.292. The summed E-state index contributed by atoms with van der Waals surface area (Å²) < 4.78 is 10.5. The average molecular weight is 224 g/mol.